The van der Waals surface area contributed by atoms with Crippen molar-refractivity contribution in [2.75, 3.05) is 0 Å². The van der Waals surface area contributed by atoms with Crippen molar-refractivity contribution in [3.05, 3.63) is 66.0 Å². The summed E-state index contributed by atoms with van der Waals surface area (Å²) in [6.07, 6.45) is 0.834. The van der Waals surface area contributed by atoms with Crippen LogP contribution in [0.2, 0.25) is 5.02 Å². The molecule has 0 aliphatic rings. The Labute approximate surface area is 95.5 Å². The van der Waals surface area contributed by atoms with Crippen molar-refractivity contribution < 1.29 is 0 Å². The predicted octanol–water partition coefficient (Wildman–Crippen LogP) is 4.38. The highest BCUT2D eigenvalue weighted by molar-refractivity contribution is 6.30. The van der Waals surface area contributed by atoms with Crippen LogP contribution in [0, 0.1) is 6.92 Å². The lowest BCUT2D eigenvalue weighted by atomic mass is 10.0. The first-order chi connectivity index (χ1) is 7.29. The lowest BCUT2D eigenvalue weighted by Gasteiger charge is -2.03. The van der Waals surface area contributed by atoms with Crippen molar-refractivity contribution in [3.8, 4) is 11.1 Å². The third-order valence-electron chi connectivity index (χ3n) is 2.42. The molecule has 2 aromatic carbocycles. The van der Waals surface area contributed by atoms with Crippen LogP contribution in [-0.4, -0.2) is 0 Å². The number of benzene rings is 2. The van der Waals surface area contributed by atoms with Crippen LogP contribution in [0.25, 0.3) is 11.1 Å². The van der Waals surface area contributed by atoms with Gasteiger partial charge in [0.05, 0.1) is 0 Å². The molecule has 0 amide bonds. The second-order valence-corrected chi connectivity index (χ2v) is 3.89. The Hall–Kier alpha value is -1.27. The van der Waals surface area contributed by atoms with E-state index in [0.29, 0.717) is 0 Å². The molecule has 0 nitrogen and oxygen atoms in total. The third-order valence-corrected chi connectivity index (χ3v) is 2.67. The van der Waals surface area contributed by atoms with Gasteiger partial charge >= 0.3 is 0 Å². The molecule has 0 fully saturated rings. The van der Waals surface area contributed by atoms with Crippen molar-refractivity contribution in [3.63, 3.8) is 0 Å². The van der Waals surface area contributed by atoms with Gasteiger partial charge in [0.1, 0.15) is 0 Å². The molecular formula is C14H12Cl. The maximum atomic E-state index is 5.84. The highest BCUT2D eigenvalue weighted by Crippen LogP contribution is 2.21. The Balaban J connectivity index is 2.33. The van der Waals surface area contributed by atoms with E-state index in [1.165, 1.54) is 16.7 Å². The zero-order valence-electron chi connectivity index (χ0n) is 8.41. The fourth-order valence-electron chi connectivity index (χ4n) is 1.51. The fraction of sp³-hybridized carbons (Fsp3) is 0.0714. The summed E-state index contributed by atoms with van der Waals surface area (Å²) in [4.78, 5) is 0. The monoisotopic (exact) mass is 215 g/mol. The molecule has 0 aliphatic carbocycles. The molecule has 1 radical (unpaired) electrons. The summed E-state index contributed by atoms with van der Waals surface area (Å²) in [5.41, 5.74) is 3.66. The molecule has 1 heteroatoms. The van der Waals surface area contributed by atoms with Crippen LogP contribution >= 0.6 is 11.6 Å². The van der Waals surface area contributed by atoms with Crippen molar-refractivity contribution in [2.45, 2.75) is 6.42 Å². The second-order valence-electron chi connectivity index (χ2n) is 3.45. The summed E-state index contributed by atoms with van der Waals surface area (Å²) in [7, 11) is 0. The van der Waals surface area contributed by atoms with Crippen LogP contribution in [0.4, 0.5) is 0 Å². The molecule has 0 saturated heterocycles. The summed E-state index contributed by atoms with van der Waals surface area (Å²) in [6, 6.07) is 16.3. The highest BCUT2D eigenvalue weighted by Gasteiger charge is 1.97. The van der Waals surface area contributed by atoms with E-state index in [1.54, 1.807) is 0 Å². The molecule has 0 aromatic heterocycles. The molecule has 0 unspecified atom stereocenters. The number of halogens is 1. The zero-order chi connectivity index (χ0) is 10.7. The summed E-state index contributed by atoms with van der Waals surface area (Å²) < 4.78 is 0. The summed E-state index contributed by atoms with van der Waals surface area (Å²) in [5.74, 6) is 0. The number of hydrogen-bond donors (Lipinski definition) is 0. The molecule has 0 saturated carbocycles. The van der Waals surface area contributed by atoms with Crippen molar-refractivity contribution >= 4 is 11.6 Å². The fourth-order valence-corrected chi connectivity index (χ4v) is 1.63. The van der Waals surface area contributed by atoms with E-state index in [4.69, 9.17) is 11.6 Å². The summed E-state index contributed by atoms with van der Waals surface area (Å²) in [6.45, 7) is 3.85. The largest absolute Gasteiger partial charge is 0.0843 e. The minimum absolute atomic E-state index is 0.771. The predicted molar refractivity (Wildman–Crippen MR) is 65.9 cm³/mol. The van der Waals surface area contributed by atoms with E-state index >= 15 is 0 Å². The quantitative estimate of drug-likeness (QED) is 0.697. The van der Waals surface area contributed by atoms with Gasteiger partial charge in [-0.15, -0.1) is 0 Å². The smallest absolute Gasteiger partial charge is 0.0406 e. The molecule has 2 rings (SSSR count). The first kappa shape index (κ1) is 10.3. The van der Waals surface area contributed by atoms with E-state index < -0.39 is 0 Å². The van der Waals surface area contributed by atoms with Gasteiger partial charge in [-0.25, -0.2) is 0 Å². The van der Waals surface area contributed by atoms with Crippen LogP contribution in [0.1, 0.15) is 5.56 Å². The van der Waals surface area contributed by atoms with Gasteiger partial charge in [-0.1, -0.05) is 48.0 Å². The maximum absolute atomic E-state index is 5.84. The highest BCUT2D eigenvalue weighted by atomic mass is 35.5. The molecule has 2 aromatic rings. The Kier molecular flexibility index (Phi) is 3.08. The molecular weight excluding hydrogens is 204 g/mol. The first-order valence-corrected chi connectivity index (χ1v) is 5.31. The van der Waals surface area contributed by atoms with E-state index in [2.05, 4.69) is 31.2 Å². The lowest BCUT2D eigenvalue weighted by molar-refractivity contribution is 1.27. The van der Waals surface area contributed by atoms with Crippen molar-refractivity contribution in [1.29, 1.82) is 0 Å². The number of rotatable bonds is 2. The standard InChI is InChI=1S/C14H12Cl/c1-2-11-3-5-12(6-4-11)13-7-9-14(15)10-8-13/h3-10H,1-2H2. The molecule has 75 valence electrons. The van der Waals surface area contributed by atoms with Gasteiger partial charge in [0.2, 0.25) is 0 Å². The lowest BCUT2D eigenvalue weighted by Crippen LogP contribution is -1.81. The average Bonchev–Trinajstić information content (AvgIpc) is 2.30. The van der Waals surface area contributed by atoms with E-state index in [0.717, 1.165) is 11.4 Å². The van der Waals surface area contributed by atoms with Gasteiger partial charge in [0.15, 0.2) is 0 Å². The molecule has 0 bridgehead atoms. The van der Waals surface area contributed by atoms with Gasteiger partial charge in [-0.3, -0.25) is 0 Å². The molecule has 0 N–H and O–H groups in total. The Morgan fingerprint density at radius 1 is 0.800 bits per heavy atom. The van der Waals surface area contributed by atoms with Crippen molar-refractivity contribution in [1.82, 2.24) is 0 Å². The van der Waals surface area contributed by atoms with Crippen LogP contribution in [-0.2, 0) is 6.42 Å². The van der Waals surface area contributed by atoms with Crippen LogP contribution in [0.5, 0.6) is 0 Å². The van der Waals surface area contributed by atoms with Gasteiger partial charge in [-0.2, -0.15) is 0 Å². The summed E-state index contributed by atoms with van der Waals surface area (Å²) in [5, 5.41) is 0.771. The normalized spacial score (nSPS) is 10.3. The Morgan fingerprint density at radius 2 is 1.27 bits per heavy atom. The third kappa shape index (κ3) is 2.40. The van der Waals surface area contributed by atoms with Crippen LogP contribution in [0.15, 0.2) is 48.5 Å². The minimum atomic E-state index is 0.771. The Morgan fingerprint density at radius 3 is 1.73 bits per heavy atom. The van der Waals surface area contributed by atoms with Gasteiger partial charge in [0.25, 0.3) is 0 Å². The van der Waals surface area contributed by atoms with E-state index in [9.17, 15) is 0 Å². The van der Waals surface area contributed by atoms with Crippen molar-refractivity contribution in [2.24, 2.45) is 0 Å². The molecule has 0 spiro atoms. The van der Waals surface area contributed by atoms with Gasteiger partial charge in [-0.05, 0) is 42.2 Å². The van der Waals surface area contributed by atoms with Gasteiger partial charge < -0.3 is 0 Å². The topological polar surface area (TPSA) is 0 Å². The molecule has 0 atom stereocenters. The zero-order valence-corrected chi connectivity index (χ0v) is 9.17. The van der Waals surface area contributed by atoms with E-state index in [-0.39, 0.29) is 0 Å². The molecule has 15 heavy (non-hydrogen) atoms. The first-order valence-electron chi connectivity index (χ1n) is 4.94. The molecule has 0 heterocycles. The Bertz CT molecular complexity index is 426. The minimum Gasteiger partial charge on any atom is -0.0843 e. The maximum Gasteiger partial charge on any atom is 0.0406 e. The molecule has 0 aliphatic heterocycles. The average molecular weight is 216 g/mol. The summed E-state index contributed by atoms with van der Waals surface area (Å²) >= 11 is 5.84. The van der Waals surface area contributed by atoms with Gasteiger partial charge in [0, 0.05) is 5.02 Å². The van der Waals surface area contributed by atoms with Crippen LogP contribution < -0.4 is 0 Å². The number of hydrogen-bond acceptors (Lipinski definition) is 0. The second kappa shape index (κ2) is 4.50. The SMILES string of the molecule is [CH2]Cc1ccc(-c2ccc(Cl)cc2)cc1. The van der Waals surface area contributed by atoms with E-state index in [1.807, 2.05) is 24.3 Å². The van der Waals surface area contributed by atoms with Crippen LogP contribution in [0.3, 0.4) is 0 Å².